The van der Waals surface area contributed by atoms with E-state index in [1.807, 2.05) is 0 Å². The molecule has 0 radical (unpaired) electrons. The first kappa shape index (κ1) is 52.2. The number of hydrogen-bond acceptors (Lipinski definition) is 0. The van der Waals surface area contributed by atoms with Crippen LogP contribution in [0.25, 0.3) is 33.4 Å². The van der Waals surface area contributed by atoms with E-state index in [1.54, 1.807) is 66.8 Å². The lowest BCUT2D eigenvalue weighted by Gasteiger charge is -2.39. The molecule has 0 aromatic heterocycles. The lowest BCUT2D eigenvalue weighted by atomic mass is 9.63. The predicted octanol–water partition coefficient (Wildman–Crippen LogP) is 22.6. The van der Waals surface area contributed by atoms with Gasteiger partial charge in [-0.2, -0.15) is 0 Å². The van der Waals surface area contributed by atoms with Gasteiger partial charge in [0.25, 0.3) is 0 Å². The molecule has 7 rings (SSSR count). The third-order valence-electron chi connectivity index (χ3n) is 17.0. The van der Waals surface area contributed by atoms with Gasteiger partial charge >= 0.3 is 0 Å². The summed E-state index contributed by atoms with van der Waals surface area (Å²) in [6.45, 7) is 14.3. The Labute approximate surface area is 429 Å². The lowest BCUT2D eigenvalue weighted by molar-refractivity contribution is 0.389. The second-order valence-electron chi connectivity index (χ2n) is 21.4. The van der Waals surface area contributed by atoms with Gasteiger partial charge in [-0.1, -0.05) is 268 Å². The molecule has 3 heteroatoms. The second-order valence-corrected chi connectivity index (χ2v) is 24.1. The van der Waals surface area contributed by atoms with Crippen LogP contribution in [0.1, 0.15) is 268 Å². The highest BCUT2D eigenvalue weighted by atomic mass is 79.9. The molecular formula is C63H87Br3. The molecule has 0 amide bonds. The third-order valence-corrected chi connectivity index (χ3v) is 18.6. The molecule has 0 fully saturated rings. The molecule has 4 aromatic carbocycles. The Morgan fingerprint density at radius 2 is 0.697 bits per heavy atom. The van der Waals surface area contributed by atoms with Gasteiger partial charge in [0.15, 0.2) is 0 Å². The Hall–Kier alpha value is -1.68. The van der Waals surface area contributed by atoms with Crippen molar-refractivity contribution in [2.24, 2.45) is 0 Å². The van der Waals surface area contributed by atoms with Crippen LogP contribution in [0.3, 0.4) is 0 Å². The maximum absolute atomic E-state index is 4.42. The van der Waals surface area contributed by atoms with Crippen LogP contribution in [0.5, 0.6) is 0 Å². The van der Waals surface area contributed by atoms with Gasteiger partial charge in [-0.15, -0.1) is 0 Å². The fourth-order valence-electron chi connectivity index (χ4n) is 13.9. The van der Waals surface area contributed by atoms with Crippen LogP contribution < -0.4 is 0 Å². The molecule has 360 valence electrons. The van der Waals surface area contributed by atoms with Crippen LogP contribution in [0.4, 0.5) is 0 Å². The summed E-state index contributed by atoms with van der Waals surface area (Å²) in [4.78, 5) is 0. The normalized spacial score (nSPS) is 15.4. The number of halogens is 3. The van der Waals surface area contributed by atoms with E-state index in [0.29, 0.717) is 0 Å². The zero-order chi connectivity index (χ0) is 46.7. The zero-order valence-corrected chi connectivity index (χ0v) is 47.3. The molecule has 0 spiro atoms. The number of benzene rings is 4. The van der Waals surface area contributed by atoms with Gasteiger partial charge < -0.3 is 0 Å². The summed E-state index contributed by atoms with van der Waals surface area (Å²) < 4.78 is 3.79. The molecule has 0 aliphatic heterocycles. The summed E-state index contributed by atoms with van der Waals surface area (Å²) in [5, 5.41) is 0. The third kappa shape index (κ3) is 10.1. The summed E-state index contributed by atoms with van der Waals surface area (Å²) in [5.41, 5.74) is 19.8. The van der Waals surface area contributed by atoms with E-state index in [1.165, 1.54) is 206 Å². The van der Waals surface area contributed by atoms with Gasteiger partial charge in [-0.05, 0) is 130 Å². The summed E-state index contributed by atoms with van der Waals surface area (Å²) in [6, 6.07) is 22.7. The smallest absolute Gasteiger partial charge is 0.0257 e. The summed E-state index contributed by atoms with van der Waals surface area (Å²) in [6.07, 6.45) is 38.7. The minimum Gasteiger partial charge on any atom is -0.0654 e. The number of unbranched alkanes of at least 4 members (excludes halogenated alkanes) is 18. The van der Waals surface area contributed by atoms with Crippen molar-refractivity contribution in [2.45, 2.75) is 250 Å². The highest BCUT2D eigenvalue weighted by Crippen LogP contribution is 2.72. The Morgan fingerprint density at radius 1 is 0.318 bits per heavy atom. The summed E-state index contributed by atoms with van der Waals surface area (Å²) in [7, 11) is 0. The monoisotopic (exact) mass is 1080 g/mol. The fraction of sp³-hybridized carbons (Fsp3) is 0.619. The van der Waals surface area contributed by atoms with E-state index in [4.69, 9.17) is 0 Å². The first-order chi connectivity index (χ1) is 32.2. The summed E-state index contributed by atoms with van der Waals surface area (Å²) >= 11 is 12.7. The Balaban J connectivity index is 1.70. The Kier molecular flexibility index (Phi) is 19.3. The van der Waals surface area contributed by atoms with Crippen LogP contribution in [-0.2, 0) is 16.2 Å². The topological polar surface area (TPSA) is 0 Å². The van der Waals surface area contributed by atoms with Crippen LogP contribution in [0.15, 0.2) is 68.0 Å². The molecule has 0 heterocycles. The van der Waals surface area contributed by atoms with Crippen LogP contribution in [0, 0.1) is 0 Å². The van der Waals surface area contributed by atoms with Gasteiger partial charge in [-0.3, -0.25) is 0 Å². The maximum Gasteiger partial charge on any atom is 0.0257 e. The first-order valence-electron chi connectivity index (χ1n) is 27.9. The quantitative estimate of drug-likeness (QED) is 0.0457. The number of hydrogen-bond donors (Lipinski definition) is 0. The average molecular weight is 1080 g/mol. The lowest BCUT2D eigenvalue weighted by Crippen LogP contribution is -2.31. The van der Waals surface area contributed by atoms with Crippen molar-refractivity contribution in [2.75, 3.05) is 0 Å². The van der Waals surface area contributed by atoms with Crippen LogP contribution in [-0.4, -0.2) is 0 Å². The van der Waals surface area contributed by atoms with Crippen molar-refractivity contribution < 1.29 is 0 Å². The number of rotatable bonds is 30. The second kappa shape index (κ2) is 24.4. The molecule has 0 bridgehead atoms. The van der Waals surface area contributed by atoms with Gasteiger partial charge in [0.2, 0.25) is 0 Å². The van der Waals surface area contributed by atoms with Crippen molar-refractivity contribution in [1.29, 1.82) is 0 Å². The van der Waals surface area contributed by atoms with E-state index in [-0.39, 0.29) is 16.2 Å². The van der Waals surface area contributed by atoms with E-state index < -0.39 is 0 Å². The molecule has 0 saturated carbocycles. The molecule has 3 aliphatic carbocycles. The van der Waals surface area contributed by atoms with Crippen molar-refractivity contribution in [1.82, 2.24) is 0 Å². The molecule has 4 aromatic rings. The maximum atomic E-state index is 4.42. The highest BCUT2D eigenvalue weighted by Gasteiger charge is 2.58. The predicted molar refractivity (Wildman–Crippen MR) is 301 cm³/mol. The van der Waals surface area contributed by atoms with Gasteiger partial charge in [0.1, 0.15) is 0 Å². The molecule has 0 unspecified atom stereocenters. The minimum atomic E-state index is -0.0443. The number of fused-ring (bicyclic) bond motifs is 12. The average Bonchev–Trinajstić information content (AvgIpc) is 3.87. The van der Waals surface area contributed by atoms with Gasteiger partial charge in [-0.25, -0.2) is 0 Å². The largest absolute Gasteiger partial charge is 0.0654 e. The van der Waals surface area contributed by atoms with Crippen molar-refractivity contribution in [3.05, 3.63) is 101 Å². The van der Waals surface area contributed by atoms with Crippen LogP contribution in [0.2, 0.25) is 0 Å². The SMILES string of the molecule is CCCCCCC1(CCCCCC)c2cc(Br)ccc2-c2c1c1c(c3c2C(CCCCCC)(CCCCCC)c2cccc(Br)c2-3)C(CCCCCC)(CCCCCC)c2ccc(Br)cc2-1. The molecule has 66 heavy (non-hydrogen) atoms. The van der Waals surface area contributed by atoms with E-state index in [0.717, 1.165) is 0 Å². The van der Waals surface area contributed by atoms with Gasteiger partial charge in [0, 0.05) is 35.2 Å². The minimum absolute atomic E-state index is 0.0363. The first-order valence-corrected chi connectivity index (χ1v) is 30.3. The van der Waals surface area contributed by atoms with E-state index in [2.05, 4.69) is 144 Å². The summed E-state index contributed by atoms with van der Waals surface area (Å²) in [5.74, 6) is 0. The van der Waals surface area contributed by atoms with Crippen LogP contribution >= 0.6 is 47.8 Å². The van der Waals surface area contributed by atoms with Gasteiger partial charge in [0.05, 0.1) is 0 Å². The highest BCUT2D eigenvalue weighted by molar-refractivity contribution is 9.11. The molecule has 0 saturated heterocycles. The fourth-order valence-corrected chi connectivity index (χ4v) is 15.2. The molecule has 0 nitrogen and oxygen atoms in total. The van der Waals surface area contributed by atoms with E-state index in [9.17, 15) is 0 Å². The standard InChI is InChI=1S/C63H87Br3/c1-7-13-19-25-38-61(39-26-20-14-8-2)50-37-35-46(64)44-49(50)55-58-54(48-36-34-47(65)45-52(48)63(58,42-29-23-17-11-5)43-30-24-18-12-6)59-57(60(55)61)56-51(32-31-33-53(56)66)62(59,40-27-21-15-9-3)41-28-22-16-10-4/h31-37,44-45H,7-30,38-43H2,1-6H3. The molecule has 0 N–H and O–H groups in total. The Bertz CT molecular complexity index is 2170. The molecule has 0 atom stereocenters. The molecule has 3 aliphatic rings. The zero-order valence-electron chi connectivity index (χ0n) is 42.5. The van der Waals surface area contributed by atoms with E-state index >= 15 is 0 Å². The Morgan fingerprint density at radius 3 is 1.15 bits per heavy atom. The molecular weight excluding hydrogens is 996 g/mol. The van der Waals surface area contributed by atoms with Crippen molar-refractivity contribution in [3.8, 4) is 33.4 Å². The van der Waals surface area contributed by atoms with Crippen molar-refractivity contribution >= 4 is 47.8 Å². The van der Waals surface area contributed by atoms with Crippen molar-refractivity contribution in [3.63, 3.8) is 0 Å².